The molecule has 2 aromatic rings. The fourth-order valence-electron chi connectivity index (χ4n) is 4.47. The van der Waals surface area contributed by atoms with Gasteiger partial charge in [0.15, 0.2) is 0 Å². The molecule has 1 aliphatic heterocycles. The van der Waals surface area contributed by atoms with E-state index in [1.165, 1.54) is 12.1 Å². The van der Waals surface area contributed by atoms with Crippen molar-refractivity contribution >= 4 is 17.5 Å². The Morgan fingerprint density at radius 3 is 2.22 bits per heavy atom. The Labute approximate surface area is 190 Å². The first kappa shape index (κ1) is 22.5. The largest absolute Gasteiger partial charge is 0.338 e. The fourth-order valence-corrected chi connectivity index (χ4v) is 4.47. The number of amides is 2. The van der Waals surface area contributed by atoms with Crippen molar-refractivity contribution in [1.82, 2.24) is 4.90 Å². The molecule has 4 nitrogen and oxygen atoms in total. The number of carbonyl (C=O) groups excluding carboxylic acids is 2. The third kappa shape index (κ3) is 5.96. The average molecular weight is 437 g/mol. The summed E-state index contributed by atoms with van der Waals surface area (Å²) in [6, 6.07) is 14.2. The highest BCUT2D eigenvalue weighted by Crippen LogP contribution is 2.34. The summed E-state index contributed by atoms with van der Waals surface area (Å²) in [5.41, 5.74) is 2.79. The first-order chi connectivity index (χ1) is 15.6. The van der Waals surface area contributed by atoms with Crippen LogP contribution in [0.5, 0.6) is 0 Å². The van der Waals surface area contributed by atoms with Gasteiger partial charge in [-0.3, -0.25) is 9.59 Å². The van der Waals surface area contributed by atoms with E-state index in [0.29, 0.717) is 13.1 Å². The minimum absolute atomic E-state index is 0.0429. The Balaban J connectivity index is 1.58. The molecule has 2 aromatic carbocycles. The Hall–Kier alpha value is -2.69. The van der Waals surface area contributed by atoms with E-state index in [9.17, 15) is 14.0 Å². The molecular formula is C27H33FN2O2. The van der Waals surface area contributed by atoms with Crippen LogP contribution in [-0.2, 0) is 22.6 Å². The van der Waals surface area contributed by atoms with Gasteiger partial charge in [0.25, 0.3) is 0 Å². The molecule has 1 aliphatic carbocycles. The summed E-state index contributed by atoms with van der Waals surface area (Å²) >= 11 is 0. The molecule has 0 N–H and O–H groups in total. The van der Waals surface area contributed by atoms with Crippen LogP contribution >= 0.6 is 0 Å². The molecule has 1 heterocycles. The van der Waals surface area contributed by atoms with Crippen LogP contribution in [0.2, 0.25) is 0 Å². The van der Waals surface area contributed by atoms with Crippen LogP contribution in [-0.4, -0.2) is 29.8 Å². The van der Waals surface area contributed by atoms with Crippen LogP contribution in [0.1, 0.15) is 62.5 Å². The van der Waals surface area contributed by atoms with Crippen molar-refractivity contribution in [2.24, 2.45) is 5.92 Å². The molecular weight excluding hydrogens is 403 g/mol. The van der Waals surface area contributed by atoms with E-state index in [-0.39, 0.29) is 30.0 Å². The summed E-state index contributed by atoms with van der Waals surface area (Å²) in [5.74, 6) is 0.144. The van der Waals surface area contributed by atoms with Crippen molar-refractivity contribution in [3.8, 4) is 0 Å². The van der Waals surface area contributed by atoms with Crippen LogP contribution in [0, 0.1) is 11.7 Å². The van der Waals surface area contributed by atoms with Crippen LogP contribution in [0.3, 0.4) is 0 Å². The lowest BCUT2D eigenvalue weighted by Crippen LogP contribution is -2.36. The molecule has 0 saturated heterocycles. The molecule has 2 aliphatic rings. The topological polar surface area (TPSA) is 40.6 Å². The molecule has 5 heteroatoms. The van der Waals surface area contributed by atoms with Crippen molar-refractivity contribution < 1.29 is 14.0 Å². The number of halogens is 1. The van der Waals surface area contributed by atoms with Crippen molar-refractivity contribution in [2.75, 3.05) is 18.0 Å². The lowest BCUT2D eigenvalue weighted by molar-refractivity contribution is -0.131. The van der Waals surface area contributed by atoms with E-state index >= 15 is 0 Å². The zero-order chi connectivity index (χ0) is 22.3. The van der Waals surface area contributed by atoms with Crippen molar-refractivity contribution in [2.45, 2.75) is 64.3 Å². The lowest BCUT2D eigenvalue weighted by atomic mass is 10.1. The van der Waals surface area contributed by atoms with Crippen LogP contribution in [0.25, 0.3) is 0 Å². The van der Waals surface area contributed by atoms with Crippen molar-refractivity contribution in [3.63, 3.8) is 0 Å². The minimum Gasteiger partial charge on any atom is -0.338 e. The highest BCUT2D eigenvalue weighted by atomic mass is 19.1. The maximum absolute atomic E-state index is 13.3. The summed E-state index contributed by atoms with van der Waals surface area (Å²) in [7, 11) is 0. The first-order valence-corrected chi connectivity index (χ1v) is 12.0. The van der Waals surface area contributed by atoms with E-state index in [1.807, 2.05) is 34.1 Å². The number of fused-ring (bicyclic) bond motifs is 1. The van der Waals surface area contributed by atoms with E-state index in [1.54, 1.807) is 12.1 Å². The molecule has 170 valence electrons. The number of rotatable bonds is 3. The highest BCUT2D eigenvalue weighted by molar-refractivity contribution is 5.97. The molecule has 0 radical (unpaired) electrons. The van der Waals surface area contributed by atoms with Gasteiger partial charge in [-0.05, 0) is 55.0 Å². The van der Waals surface area contributed by atoms with E-state index < -0.39 is 0 Å². The van der Waals surface area contributed by atoms with Gasteiger partial charge in [0, 0.05) is 31.2 Å². The molecule has 1 fully saturated rings. The fraction of sp³-hybridized carbons (Fsp3) is 0.481. The summed E-state index contributed by atoms with van der Waals surface area (Å²) in [6.07, 6.45) is 8.77. The zero-order valence-electron chi connectivity index (χ0n) is 18.8. The number of hydrogen-bond acceptors (Lipinski definition) is 2. The second-order valence-corrected chi connectivity index (χ2v) is 9.13. The smallest absolute Gasteiger partial charge is 0.230 e. The molecule has 0 atom stereocenters. The minimum atomic E-state index is -0.294. The number of hydrogen-bond donors (Lipinski definition) is 0. The monoisotopic (exact) mass is 436 g/mol. The van der Waals surface area contributed by atoms with E-state index in [4.69, 9.17) is 0 Å². The van der Waals surface area contributed by atoms with Gasteiger partial charge in [0.05, 0.1) is 6.42 Å². The summed E-state index contributed by atoms with van der Waals surface area (Å²) < 4.78 is 13.3. The molecule has 32 heavy (non-hydrogen) atoms. The van der Waals surface area contributed by atoms with Crippen LogP contribution < -0.4 is 4.90 Å². The third-order valence-corrected chi connectivity index (χ3v) is 6.52. The predicted molar refractivity (Wildman–Crippen MR) is 125 cm³/mol. The van der Waals surface area contributed by atoms with Crippen molar-refractivity contribution in [1.29, 1.82) is 0 Å². The van der Waals surface area contributed by atoms with Crippen LogP contribution in [0.15, 0.2) is 48.5 Å². The third-order valence-electron chi connectivity index (χ3n) is 6.52. The van der Waals surface area contributed by atoms with Gasteiger partial charge in [-0.1, -0.05) is 56.0 Å². The number of nitrogens with zero attached hydrogens (tertiary/aromatic N) is 2. The average Bonchev–Trinajstić information content (AvgIpc) is 3.64. The quantitative estimate of drug-likeness (QED) is 0.638. The predicted octanol–water partition coefficient (Wildman–Crippen LogP) is 5.49. The standard InChI is InChI=1S/C27H33FN2O2/c28-24-15-11-21(12-16-24)19-26(31)29-17-7-3-1-2-4-8-18-30(27(32)22-13-14-22)25-10-6-5-9-23(25)20-29/h5-6,9-12,15-16,22H,1-4,7-8,13-14,17-20H2. The molecule has 4 rings (SSSR count). The number of para-hydroxylation sites is 1. The number of benzene rings is 2. The first-order valence-electron chi connectivity index (χ1n) is 12.0. The second-order valence-electron chi connectivity index (χ2n) is 9.13. The van der Waals surface area contributed by atoms with E-state index in [0.717, 1.165) is 74.7 Å². The molecule has 0 spiro atoms. The van der Waals surface area contributed by atoms with Gasteiger partial charge in [-0.2, -0.15) is 0 Å². The molecule has 0 aromatic heterocycles. The maximum atomic E-state index is 13.3. The Bertz CT molecular complexity index is 924. The Morgan fingerprint density at radius 1 is 0.844 bits per heavy atom. The molecule has 1 saturated carbocycles. The van der Waals surface area contributed by atoms with E-state index in [2.05, 4.69) is 0 Å². The van der Waals surface area contributed by atoms with Crippen molar-refractivity contribution in [3.05, 3.63) is 65.5 Å². The zero-order valence-corrected chi connectivity index (χ0v) is 18.8. The normalized spacial score (nSPS) is 18.2. The maximum Gasteiger partial charge on any atom is 0.230 e. The molecule has 2 amide bonds. The Kier molecular flexibility index (Phi) is 7.56. The number of carbonyl (C=O) groups is 2. The van der Waals surface area contributed by atoms with Gasteiger partial charge in [0.1, 0.15) is 5.82 Å². The molecule has 0 unspecified atom stereocenters. The lowest BCUT2D eigenvalue weighted by Gasteiger charge is -2.28. The summed E-state index contributed by atoms with van der Waals surface area (Å²) in [4.78, 5) is 30.2. The van der Waals surface area contributed by atoms with Gasteiger partial charge >= 0.3 is 0 Å². The summed E-state index contributed by atoms with van der Waals surface area (Å²) in [5, 5.41) is 0. The van der Waals surface area contributed by atoms with Gasteiger partial charge in [-0.25, -0.2) is 4.39 Å². The second kappa shape index (κ2) is 10.8. The molecule has 0 bridgehead atoms. The Morgan fingerprint density at radius 2 is 1.50 bits per heavy atom. The van der Waals surface area contributed by atoms with Crippen LogP contribution in [0.4, 0.5) is 10.1 Å². The van der Waals surface area contributed by atoms with Gasteiger partial charge < -0.3 is 9.80 Å². The highest BCUT2D eigenvalue weighted by Gasteiger charge is 2.34. The number of anilines is 1. The van der Waals surface area contributed by atoms with Gasteiger partial charge in [0.2, 0.25) is 11.8 Å². The SMILES string of the molecule is O=C(Cc1ccc(F)cc1)N1CCCCCCCCN(C(=O)C2CC2)c2ccccc2C1. The van der Waals surface area contributed by atoms with Gasteiger partial charge in [-0.15, -0.1) is 0 Å². The summed E-state index contributed by atoms with van der Waals surface area (Å²) in [6.45, 7) is 1.94.